The number of ether oxygens (including phenoxy) is 2. The highest BCUT2D eigenvalue weighted by atomic mass is 16.5. The second-order valence-electron chi connectivity index (χ2n) is 4.69. The molecule has 0 bridgehead atoms. The van der Waals surface area contributed by atoms with Crippen molar-refractivity contribution < 1.29 is 14.3 Å². The number of aromatic nitrogens is 1. The summed E-state index contributed by atoms with van der Waals surface area (Å²) in [7, 11) is 1.41. The number of benzene rings is 1. The molecule has 0 aliphatic carbocycles. The van der Waals surface area contributed by atoms with Crippen LogP contribution in [0.4, 0.5) is 0 Å². The van der Waals surface area contributed by atoms with Crippen LogP contribution in [0.25, 0.3) is 10.9 Å². The van der Waals surface area contributed by atoms with Crippen LogP contribution in [0.5, 0.6) is 5.75 Å². The van der Waals surface area contributed by atoms with Crippen molar-refractivity contribution in [2.75, 3.05) is 7.11 Å². The summed E-state index contributed by atoms with van der Waals surface area (Å²) in [6.07, 6.45) is 2.49. The number of carbonyl (C=O) groups excluding carboxylic acids is 1. The highest BCUT2D eigenvalue weighted by Crippen LogP contribution is 2.27. The van der Waals surface area contributed by atoms with E-state index in [1.807, 2.05) is 48.9 Å². The van der Waals surface area contributed by atoms with Gasteiger partial charge in [-0.1, -0.05) is 6.07 Å². The first-order chi connectivity index (χ1) is 9.11. The van der Waals surface area contributed by atoms with Gasteiger partial charge < -0.3 is 14.0 Å². The molecule has 0 amide bonds. The molecule has 0 saturated carbocycles. The molecule has 2 aromatic rings. The lowest BCUT2D eigenvalue weighted by Gasteiger charge is -2.11. The third-order valence-corrected chi connectivity index (χ3v) is 2.92. The molecule has 0 atom stereocenters. The first-order valence-corrected chi connectivity index (χ1v) is 6.43. The zero-order chi connectivity index (χ0) is 13.8. The van der Waals surface area contributed by atoms with Crippen LogP contribution in [-0.2, 0) is 16.1 Å². The molecule has 19 heavy (non-hydrogen) atoms. The van der Waals surface area contributed by atoms with Crippen molar-refractivity contribution >= 4 is 16.9 Å². The molecule has 0 aliphatic rings. The van der Waals surface area contributed by atoms with Gasteiger partial charge in [0.25, 0.3) is 0 Å². The summed E-state index contributed by atoms with van der Waals surface area (Å²) in [4.78, 5) is 11.2. The van der Waals surface area contributed by atoms with E-state index in [4.69, 9.17) is 4.74 Å². The first kappa shape index (κ1) is 13.5. The van der Waals surface area contributed by atoms with Crippen LogP contribution in [0.15, 0.2) is 30.5 Å². The van der Waals surface area contributed by atoms with Crippen LogP contribution in [0, 0.1) is 0 Å². The molecular formula is C15H19NO3. The Balaban J connectivity index is 2.25. The Labute approximate surface area is 112 Å². The van der Waals surface area contributed by atoms with E-state index < -0.39 is 0 Å². The van der Waals surface area contributed by atoms with Crippen LogP contribution in [0.1, 0.15) is 20.3 Å². The number of hydrogen-bond donors (Lipinski definition) is 0. The van der Waals surface area contributed by atoms with Gasteiger partial charge in [0.2, 0.25) is 0 Å². The SMILES string of the molecule is COC(=O)CCn1ccc2c(OC(C)C)cccc21. The number of methoxy groups -OCH3 is 1. The molecule has 0 unspecified atom stereocenters. The zero-order valence-electron chi connectivity index (χ0n) is 11.6. The van der Waals surface area contributed by atoms with E-state index in [1.165, 1.54) is 7.11 Å². The van der Waals surface area contributed by atoms with E-state index >= 15 is 0 Å². The van der Waals surface area contributed by atoms with Gasteiger partial charge in [-0.15, -0.1) is 0 Å². The average molecular weight is 261 g/mol. The predicted octanol–water partition coefficient (Wildman–Crippen LogP) is 2.99. The standard InChI is InChI=1S/C15H19NO3/c1-11(2)19-14-6-4-5-13-12(14)7-9-16(13)10-8-15(17)18-3/h4-7,9,11H,8,10H2,1-3H3. The monoisotopic (exact) mass is 261 g/mol. The Morgan fingerprint density at radius 1 is 1.32 bits per heavy atom. The summed E-state index contributed by atoms with van der Waals surface area (Å²) in [6, 6.07) is 7.98. The summed E-state index contributed by atoms with van der Waals surface area (Å²) in [5.74, 6) is 0.681. The number of rotatable bonds is 5. The van der Waals surface area contributed by atoms with Crippen LogP contribution in [0.3, 0.4) is 0 Å². The third-order valence-electron chi connectivity index (χ3n) is 2.92. The fourth-order valence-corrected chi connectivity index (χ4v) is 2.06. The van der Waals surface area contributed by atoms with Gasteiger partial charge in [0, 0.05) is 18.1 Å². The summed E-state index contributed by atoms with van der Waals surface area (Å²) in [6.45, 7) is 4.63. The van der Waals surface area contributed by atoms with Crippen molar-refractivity contribution in [3.05, 3.63) is 30.5 Å². The van der Waals surface area contributed by atoms with Gasteiger partial charge in [0.1, 0.15) is 5.75 Å². The zero-order valence-corrected chi connectivity index (χ0v) is 11.6. The molecule has 1 aromatic heterocycles. The smallest absolute Gasteiger partial charge is 0.307 e. The number of hydrogen-bond acceptors (Lipinski definition) is 3. The van der Waals surface area contributed by atoms with Gasteiger partial charge in [-0.3, -0.25) is 4.79 Å². The van der Waals surface area contributed by atoms with Gasteiger partial charge >= 0.3 is 5.97 Å². The minimum absolute atomic E-state index is 0.143. The Bertz CT molecular complexity index is 572. The van der Waals surface area contributed by atoms with Gasteiger partial charge in [-0.25, -0.2) is 0 Å². The Hall–Kier alpha value is -1.97. The number of esters is 1. The van der Waals surface area contributed by atoms with E-state index in [0.29, 0.717) is 13.0 Å². The van der Waals surface area contributed by atoms with Gasteiger partial charge in [0.15, 0.2) is 0 Å². The molecule has 0 aliphatic heterocycles. The maximum atomic E-state index is 11.2. The van der Waals surface area contributed by atoms with Crippen molar-refractivity contribution in [1.29, 1.82) is 0 Å². The highest BCUT2D eigenvalue weighted by molar-refractivity contribution is 5.86. The van der Waals surface area contributed by atoms with Crippen molar-refractivity contribution in [3.8, 4) is 5.75 Å². The number of aryl methyl sites for hydroxylation is 1. The van der Waals surface area contributed by atoms with E-state index in [0.717, 1.165) is 16.7 Å². The first-order valence-electron chi connectivity index (χ1n) is 6.43. The van der Waals surface area contributed by atoms with Crippen LogP contribution in [0.2, 0.25) is 0 Å². The molecule has 1 heterocycles. The Kier molecular flexibility index (Phi) is 4.10. The molecule has 0 fully saturated rings. The van der Waals surface area contributed by atoms with Crippen molar-refractivity contribution in [2.45, 2.75) is 32.9 Å². The van der Waals surface area contributed by atoms with E-state index in [-0.39, 0.29) is 12.1 Å². The third kappa shape index (κ3) is 3.08. The largest absolute Gasteiger partial charge is 0.490 e. The Morgan fingerprint density at radius 3 is 2.79 bits per heavy atom. The fourth-order valence-electron chi connectivity index (χ4n) is 2.06. The molecule has 0 saturated heterocycles. The molecule has 0 radical (unpaired) electrons. The summed E-state index contributed by atoms with van der Waals surface area (Å²) in [5, 5.41) is 1.07. The summed E-state index contributed by atoms with van der Waals surface area (Å²) in [5.41, 5.74) is 1.07. The van der Waals surface area contributed by atoms with E-state index in [1.54, 1.807) is 0 Å². The topological polar surface area (TPSA) is 40.5 Å². The number of carbonyl (C=O) groups is 1. The maximum absolute atomic E-state index is 11.2. The average Bonchev–Trinajstić information content (AvgIpc) is 2.79. The molecule has 4 nitrogen and oxygen atoms in total. The van der Waals surface area contributed by atoms with Gasteiger partial charge in [-0.2, -0.15) is 0 Å². The molecule has 2 rings (SSSR count). The fraction of sp³-hybridized carbons (Fsp3) is 0.400. The molecule has 4 heteroatoms. The van der Waals surface area contributed by atoms with Gasteiger partial charge in [0.05, 0.1) is 25.2 Å². The number of fused-ring (bicyclic) bond motifs is 1. The van der Waals surface area contributed by atoms with Crippen molar-refractivity contribution in [1.82, 2.24) is 4.57 Å². The molecule has 102 valence electrons. The lowest BCUT2D eigenvalue weighted by molar-refractivity contribution is -0.140. The van der Waals surface area contributed by atoms with E-state index in [9.17, 15) is 4.79 Å². The van der Waals surface area contributed by atoms with Crippen LogP contribution >= 0.6 is 0 Å². The predicted molar refractivity (Wildman–Crippen MR) is 74.3 cm³/mol. The molecule has 1 aromatic carbocycles. The van der Waals surface area contributed by atoms with Crippen LogP contribution in [-0.4, -0.2) is 23.8 Å². The summed E-state index contributed by atoms with van der Waals surface area (Å²) < 4.78 is 12.5. The normalized spacial score (nSPS) is 10.9. The van der Waals surface area contributed by atoms with Crippen LogP contribution < -0.4 is 4.74 Å². The minimum Gasteiger partial charge on any atom is -0.490 e. The lowest BCUT2D eigenvalue weighted by Crippen LogP contribution is -2.07. The van der Waals surface area contributed by atoms with Gasteiger partial charge in [-0.05, 0) is 32.0 Å². The quantitative estimate of drug-likeness (QED) is 0.777. The second-order valence-corrected chi connectivity index (χ2v) is 4.69. The molecule has 0 N–H and O–H groups in total. The van der Waals surface area contributed by atoms with Crippen molar-refractivity contribution in [2.24, 2.45) is 0 Å². The second kappa shape index (κ2) is 5.78. The van der Waals surface area contributed by atoms with E-state index in [2.05, 4.69) is 4.74 Å². The molecular weight excluding hydrogens is 242 g/mol. The lowest BCUT2D eigenvalue weighted by atomic mass is 10.2. The summed E-state index contributed by atoms with van der Waals surface area (Å²) >= 11 is 0. The number of nitrogens with zero attached hydrogens (tertiary/aromatic N) is 1. The van der Waals surface area contributed by atoms with Crippen molar-refractivity contribution in [3.63, 3.8) is 0 Å². The maximum Gasteiger partial charge on any atom is 0.307 e. The highest BCUT2D eigenvalue weighted by Gasteiger charge is 2.09. The Morgan fingerprint density at radius 2 is 2.11 bits per heavy atom. The molecule has 0 spiro atoms. The minimum atomic E-state index is -0.198.